The van der Waals surface area contributed by atoms with Gasteiger partial charge in [0.1, 0.15) is 23.9 Å². The first-order valence-electron chi connectivity index (χ1n) is 12.3. The quantitative estimate of drug-likeness (QED) is 0.0781. The molecule has 3 aromatic carbocycles. The average molecular weight is 558 g/mol. The number of thiol groups is 1. The molecule has 0 spiro atoms. The van der Waals surface area contributed by atoms with Crippen LogP contribution in [0.2, 0.25) is 0 Å². The molecule has 1 aromatic heterocycles. The molecule has 1 saturated heterocycles. The van der Waals surface area contributed by atoms with E-state index in [-0.39, 0.29) is 17.4 Å². The van der Waals surface area contributed by atoms with Crippen molar-refractivity contribution < 1.29 is 14.4 Å². The van der Waals surface area contributed by atoms with Crippen LogP contribution in [0.1, 0.15) is 22.4 Å². The zero-order valence-electron chi connectivity index (χ0n) is 21.1. The fourth-order valence-corrected chi connectivity index (χ4v) is 5.68. The third-order valence-corrected chi connectivity index (χ3v) is 7.96. The van der Waals surface area contributed by atoms with Gasteiger partial charge in [-0.15, -0.1) is 11.3 Å². The third kappa shape index (κ3) is 5.00. The Balaban J connectivity index is 1.55. The van der Waals surface area contributed by atoms with Gasteiger partial charge in [-0.1, -0.05) is 96.2 Å². The minimum atomic E-state index is -1.09. The average Bonchev–Trinajstić information content (AvgIpc) is 3.45. The van der Waals surface area contributed by atoms with Crippen LogP contribution in [0.25, 0.3) is 0 Å². The molecule has 1 fully saturated rings. The molecule has 10 heteroatoms. The molecule has 2 heterocycles. The molecule has 2 amide bonds. The standard InChI is InChI=1S/C29H27N5O3S2/c1-37-34-24(25(35)32-28(19-38)18-30-26(28)36)23-17-39-27(31-23)33-29(20-11-5-2-6-12-20,21-13-7-3-8-14-21)22-15-9-4-10-16-22/h2-17,38H,18-19H2,1H3,(H,30,36)(H,31,33)(H,32,35)/b34-24-. The van der Waals surface area contributed by atoms with Crippen molar-refractivity contribution in [2.75, 3.05) is 24.7 Å². The molecular formula is C29H27N5O3S2. The van der Waals surface area contributed by atoms with Crippen molar-refractivity contribution in [3.63, 3.8) is 0 Å². The van der Waals surface area contributed by atoms with E-state index in [0.717, 1.165) is 16.7 Å². The zero-order valence-corrected chi connectivity index (χ0v) is 22.8. The lowest BCUT2D eigenvalue weighted by molar-refractivity contribution is -0.137. The first-order valence-corrected chi connectivity index (χ1v) is 13.8. The number of anilines is 1. The lowest BCUT2D eigenvalue weighted by Gasteiger charge is -2.40. The van der Waals surface area contributed by atoms with Crippen molar-refractivity contribution in [2.45, 2.75) is 11.1 Å². The highest BCUT2D eigenvalue weighted by Gasteiger charge is 2.47. The summed E-state index contributed by atoms with van der Waals surface area (Å²) in [5, 5.41) is 15.3. The van der Waals surface area contributed by atoms with Crippen LogP contribution in [0.5, 0.6) is 0 Å². The number of oxime groups is 1. The molecule has 1 aliphatic rings. The largest absolute Gasteiger partial charge is 0.398 e. The molecule has 8 nitrogen and oxygen atoms in total. The Morgan fingerprint density at radius 2 is 1.56 bits per heavy atom. The van der Waals surface area contributed by atoms with E-state index in [4.69, 9.17) is 9.82 Å². The number of amides is 2. The Morgan fingerprint density at radius 1 is 1.03 bits per heavy atom. The number of aromatic nitrogens is 1. The van der Waals surface area contributed by atoms with Crippen LogP contribution in [0.4, 0.5) is 5.13 Å². The van der Waals surface area contributed by atoms with E-state index in [1.165, 1.54) is 18.4 Å². The van der Waals surface area contributed by atoms with Gasteiger partial charge in [0.25, 0.3) is 5.91 Å². The summed E-state index contributed by atoms with van der Waals surface area (Å²) in [5.74, 6) is -0.706. The zero-order chi connectivity index (χ0) is 27.3. The molecular weight excluding hydrogens is 530 g/mol. The Kier molecular flexibility index (Phi) is 7.67. The van der Waals surface area contributed by atoms with E-state index in [0.29, 0.717) is 17.4 Å². The highest BCUT2D eigenvalue weighted by Crippen LogP contribution is 2.40. The van der Waals surface area contributed by atoms with Crippen LogP contribution < -0.4 is 16.0 Å². The molecule has 0 radical (unpaired) electrons. The van der Waals surface area contributed by atoms with Gasteiger partial charge in [0.15, 0.2) is 10.8 Å². The van der Waals surface area contributed by atoms with E-state index in [2.05, 4.69) is 70.1 Å². The topological polar surface area (TPSA) is 105 Å². The summed E-state index contributed by atoms with van der Waals surface area (Å²) >= 11 is 5.60. The maximum atomic E-state index is 13.2. The second-order valence-electron chi connectivity index (χ2n) is 9.01. The molecule has 3 N–H and O–H groups in total. The predicted molar refractivity (Wildman–Crippen MR) is 156 cm³/mol. The summed E-state index contributed by atoms with van der Waals surface area (Å²) in [4.78, 5) is 35.1. The van der Waals surface area contributed by atoms with E-state index >= 15 is 0 Å². The minimum Gasteiger partial charge on any atom is -0.398 e. The van der Waals surface area contributed by atoms with Crippen LogP contribution in [-0.2, 0) is 20.0 Å². The molecule has 39 heavy (non-hydrogen) atoms. The number of carbonyl (C=O) groups excluding carboxylic acids is 2. The highest BCUT2D eigenvalue weighted by atomic mass is 32.1. The molecule has 0 bridgehead atoms. The van der Waals surface area contributed by atoms with Crippen LogP contribution in [0.15, 0.2) is 102 Å². The maximum absolute atomic E-state index is 13.2. The molecule has 5 rings (SSSR count). The number of β-lactam (4-membered cyclic amide) rings is 1. The van der Waals surface area contributed by atoms with Crippen molar-refractivity contribution in [1.82, 2.24) is 15.6 Å². The van der Waals surface area contributed by atoms with Gasteiger partial charge >= 0.3 is 0 Å². The highest BCUT2D eigenvalue weighted by molar-refractivity contribution is 7.80. The van der Waals surface area contributed by atoms with E-state index in [9.17, 15) is 9.59 Å². The van der Waals surface area contributed by atoms with E-state index in [1.807, 2.05) is 54.6 Å². The second-order valence-corrected chi connectivity index (χ2v) is 10.2. The number of benzene rings is 3. The Hall–Kier alpha value is -4.15. The fraction of sp³-hybridized carbons (Fsp3) is 0.172. The molecule has 1 atom stereocenters. The first-order chi connectivity index (χ1) is 19.0. The van der Waals surface area contributed by atoms with Crippen molar-refractivity contribution in [2.24, 2.45) is 5.16 Å². The van der Waals surface area contributed by atoms with Gasteiger partial charge in [-0.25, -0.2) is 4.98 Å². The van der Waals surface area contributed by atoms with Crippen LogP contribution >= 0.6 is 24.0 Å². The van der Waals surface area contributed by atoms with Crippen LogP contribution in [0, 0.1) is 0 Å². The van der Waals surface area contributed by atoms with Gasteiger partial charge in [0.05, 0.1) is 6.54 Å². The normalized spacial score (nSPS) is 17.1. The lowest BCUT2D eigenvalue weighted by Crippen LogP contribution is -2.74. The van der Waals surface area contributed by atoms with Crippen molar-refractivity contribution in [3.05, 3.63) is 119 Å². The molecule has 1 unspecified atom stereocenters. The van der Waals surface area contributed by atoms with Gasteiger partial charge in [-0.2, -0.15) is 12.6 Å². The van der Waals surface area contributed by atoms with Gasteiger partial charge in [-0.05, 0) is 16.7 Å². The summed E-state index contributed by atoms with van der Waals surface area (Å²) in [6, 6.07) is 30.5. The molecule has 198 valence electrons. The lowest BCUT2D eigenvalue weighted by atomic mass is 9.77. The van der Waals surface area contributed by atoms with E-state index < -0.39 is 17.0 Å². The SMILES string of the molecule is CO/N=C(\C(=O)NC1(CS)CNC1=O)c1csc(NC(c2ccccc2)(c2ccccc2)c2ccccc2)n1. The van der Waals surface area contributed by atoms with Crippen molar-refractivity contribution in [3.8, 4) is 0 Å². The summed E-state index contributed by atoms with van der Waals surface area (Å²) in [5.41, 5.74) is 1.49. The molecule has 1 aliphatic heterocycles. The number of nitrogens with one attached hydrogen (secondary N) is 3. The minimum absolute atomic E-state index is 0.0348. The summed E-state index contributed by atoms with van der Waals surface area (Å²) in [6.07, 6.45) is 0. The summed E-state index contributed by atoms with van der Waals surface area (Å²) in [6.45, 7) is 0.291. The van der Waals surface area contributed by atoms with Crippen LogP contribution in [0.3, 0.4) is 0 Å². The Labute approximate surface area is 235 Å². The summed E-state index contributed by atoms with van der Waals surface area (Å²) in [7, 11) is 1.36. The monoisotopic (exact) mass is 557 g/mol. The van der Waals surface area contributed by atoms with Gasteiger partial charge < -0.3 is 20.8 Å². The smallest absolute Gasteiger partial charge is 0.276 e. The third-order valence-electron chi connectivity index (χ3n) is 6.67. The number of carbonyl (C=O) groups is 2. The number of rotatable bonds is 10. The second kappa shape index (κ2) is 11.3. The number of hydrogen-bond donors (Lipinski definition) is 4. The fourth-order valence-electron chi connectivity index (χ4n) is 4.60. The Bertz CT molecular complexity index is 1380. The van der Waals surface area contributed by atoms with Gasteiger partial charge in [0.2, 0.25) is 5.91 Å². The summed E-state index contributed by atoms with van der Waals surface area (Å²) < 4.78 is 0. The molecule has 0 aliphatic carbocycles. The Morgan fingerprint density at radius 3 is 1.97 bits per heavy atom. The van der Waals surface area contributed by atoms with Crippen molar-refractivity contribution >= 4 is 46.6 Å². The number of nitrogens with zero attached hydrogens (tertiary/aromatic N) is 2. The number of hydrogen-bond acceptors (Lipinski definition) is 8. The maximum Gasteiger partial charge on any atom is 0.276 e. The van der Waals surface area contributed by atoms with E-state index in [1.54, 1.807) is 5.38 Å². The van der Waals surface area contributed by atoms with Crippen LogP contribution in [-0.4, -0.2) is 47.5 Å². The van der Waals surface area contributed by atoms with Crippen molar-refractivity contribution in [1.29, 1.82) is 0 Å². The predicted octanol–water partition coefficient (Wildman–Crippen LogP) is 3.81. The molecule has 0 saturated carbocycles. The molecule has 4 aromatic rings. The number of thiazole rings is 1. The van der Waals surface area contributed by atoms with Gasteiger partial charge in [-0.3, -0.25) is 9.59 Å². The first kappa shape index (κ1) is 26.5. The van der Waals surface area contributed by atoms with Gasteiger partial charge in [0, 0.05) is 11.1 Å².